The maximum absolute atomic E-state index is 11.8. The van der Waals surface area contributed by atoms with Gasteiger partial charge in [-0.3, -0.25) is 4.79 Å². The Morgan fingerprint density at radius 2 is 1.61 bits per heavy atom. The average Bonchev–Trinajstić information content (AvgIpc) is 2.29. The first-order valence-corrected chi connectivity index (χ1v) is 9.20. The van der Waals surface area contributed by atoms with Crippen molar-refractivity contribution in [2.24, 2.45) is 4.99 Å². The van der Waals surface area contributed by atoms with Gasteiger partial charge < -0.3 is 16.0 Å². The van der Waals surface area contributed by atoms with Crippen molar-refractivity contribution < 1.29 is 13.2 Å². The minimum absolute atomic E-state index is 0. The molecule has 0 aliphatic heterocycles. The SMILES string of the molecule is CCNC(=NCC(=O)NC(C)(C)C)NCC(C)(C)S(C)(=O)=O.I. The van der Waals surface area contributed by atoms with Crippen LogP contribution in [0.15, 0.2) is 4.99 Å². The predicted molar refractivity (Wildman–Crippen MR) is 106 cm³/mol. The number of nitrogens with one attached hydrogen (secondary N) is 3. The lowest BCUT2D eigenvalue weighted by Gasteiger charge is -2.24. The Bertz CT molecular complexity index is 511. The average molecular weight is 462 g/mol. The Balaban J connectivity index is 0. The highest BCUT2D eigenvalue weighted by atomic mass is 127. The summed E-state index contributed by atoms with van der Waals surface area (Å²) >= 11 is 0. The number of guanidine groups is 1. The number of rotatable bonds is 6. The van der Waals surface area contributed by atoms with Gasteiger partial charge in [0.2, 0.25) is 5.91 Å². The third kappa shape index (κ3) is 10.7. The molecule has 7 nitrogen and oxygen atoms in total. The minimum Gasteiger partial charge on any atom is -0.357 e. The third-order valence-electron chi connectivity index (χ3n) is 2.92. The Labute approximate surface area is 157 Å². The standard InChI is InChI=1S/C14H30N4O3S.HI/c1-8-15-12(16-9-11(19)18-13(2,3)4)17-10-14(5,6)22(7,20)21;/h8-10H2,1-7H3,(H,18,19)(H2,15,16,17);1H. The molecule has 0 saturated carbocycles. The molecule has 0 spiro atoms. The van der Waals surface area contributed by atoms with Crippen molar-refractivity contribution in [1.82, 2.24) is 16.0 Å². The van der Waals surface area contributed by atoms with Crippen LogP contribution in [0.4, 0.5) is 0 Å². The smallest absolute Gasteiger partial charge is 0.242 e. The highest BCUT2D eigenvalue weighted by molar-refractivity contribution is 14.0. The van der Waals surface area contributed by atoms with Gasteiger partial charge in [-0.1, -0.05) is 0 Å². The zero-order valence-corrected chi connectivity index (χ0v) is 18.3. The van der Waals surface area contributed by atoms with Crippen LogP contribution in [0, 0.1) is 0 Å². The Morgan fingerprint density at radius 1 is 1.09 bits per heavy atom. The lowest BCUT2D eigenvalue weighted by Crippen LogP contribution is -2.48. The number of amides is 1. The summed E-state index contributed by atoms with van der Waals surface area (Å²) in [6.45, 7) is 11.7. The number of sulfone groups is 1. The molecule has 0 aliphatic carbocycles. The van der Waals surface area contributed by atoms with Crippen LogP contribution in [0.5, 0.6) is 0 Å². The summed E-state index contributed by atoms with van der Waals surface area (Å²) in [5.41, 5.74) is -0.309. The topological polar surface area (TPSA) is 99.7 Å². The summed E-state index contributed by atoms with van der Waals surface area (Å²) in [5.74, 6) is 0.232. The maximum Gasteiger partial charge on any atom is 0.242 e. The molecule has 0 heterocycles. The number of nitrogens with zero attached hydrogens (tertiary/aromatic N) is 1. The van der Waals surface area contributed by atoms with Crippen LogP contribution in [-0.4, -0.2) is 56.5 Å². The Hall–Kier alpha value is -0.580. The van der Waals surface area contributed by atoms with E-state index in [9.17, 15) is 13.2 Å². The van der Waals surface area contributed by atoms with Crippen LogP contribution < -0.4 is 16.0 Å². The molecule has 0 unspecified atom stereocenters. The molecule has 0 aromatic rings. The molecule has 0 rings (SSSR count). The first kappa shape index (κ1) is 24.7. The van der Waals surface area contributed by atoms with E-state index in [0.29, 0.717) is 12.5 Å². The number of aliphatic imine (C=N–C) groups is 1. The van der Waals surface area contributed by atoms with E-state index in [-0.39, 0.29) is 48.5 Å². The van der Waals surface area contributed by atoms with Gasteiger partial charge in [-0.05, 0) is 41.5 Å². The van der Waals surface area contributed by atoms with Crippen molar-refractivity contribution in [1.29, 1.82) is 0 Å². The molecule has 0 aromatic heterocycles. The fraction of sp³-hybridized carbons (Fsp3) is 0.857. The Morgan fingerprint density at radius 3 is 2.00 bits per heavy atom. The summed E-state index contributed by atoms with van der Waals surface area (Å²) in [5, 5.41) is 8.77. The second kappa shape index (κ2) is 9.65. The second-order valence-corrected chi connectivity index (χ2v) is 9.53. The van der Waals surface area contributed by atoms with Gasteiger partial charge >= 0.3 is 0 Å². The zero-order valence-electron chi connectivity index (χ0n) is 15.1. The van der Waals surface area contributed by atoms with Gasteiger partial charge in [-0.25, -0.2) is 13.4 Å². The van der Waals surface area contributed by atoms with E-state index >= 15 is 0 Å². The summed E-state index contributed by atoms with van der Waals surface area (Å²) < 4.78 is 22.4. The van der Waals surface area contributed by atoms with Crippen molar-refractivity contribution in [3.8, 4) is 0 Å². The quantitative estimate of drug-likeness (QED) is 0.310. The molecule has 0 radical (unpaired) electrons. The normalized spacial score (nSPS) is 13.1. The fourth-order valence-electron chi connectivity index (χ4n) is 1.38. The first-order valence-electron chi connectivity index (χ1n) is 7.31. The van der Waals surface area contributed by atoms with Gasteiger partial charge in [-0.2, -0.15) is 0 Å². The highest BCUT2D eigenvalue weighted by Crippen LogP contribution is 2.13. The molecule has 9 heteroatoms. The molecule has 0 aliphatic rings. The molecule has 0 atom stereocenters. The van der Waals surface area contributed by atoms with Gasteiger partial charge in [0, 0.05) is 24.9 Å². The van der Waals surface area contributed by atoms with Crippen LogP contribution in [0.2, 0.25) is 0 Å². The van der Waals surface area contributed by atoms with Gasteiger partial charge in [0.15, 0.2) is 15.8 Å². The molecule has 1 amide bonds. The minimum atomic E-state index is -3.19. The van der Waals surface area contributed by atoms with Crippen LogP contribution >= 0.6 is 24.0 Å². The highest BCUT2D eigenvalue weighted by Gasteiger charge is 2.30. The van der Waals surface area contributed by atoms with Crippen molar-refractivity contribution in [2.75, 3.05) is 25.9 Å². The summed E-state index contributed by atoms with van der Waals surface area (Å²) in [4.78, 5) is 15.9. The monoisotopic (exact) mass is 462 g/mol. The number of carbonyl (C=O) groups excluding carboxylic acids is 1. The van der Waals surface area contributed by atoms with E-state index in [1.165, 1.54) is 6.26 Å². The van der Waals surface area contributed by atoms with Crippen LogP contribution in [0.3, 0.4) is 0 Å². The lowest BCUT2D eigenvalue weighted by molar-refractivity contribution is -0.121. The molecule has 138 valence electrons. The Kier molecular flexibility index (Phi) is 10.4. The van der Waals surface area contributed by atoms with Crippen LogP contribution in [0.25, 0.3) is 0 Å². The van der Waals surface area contributed by atoms with Crippen molar-refractivity contribution in [2.45, 2.75) is 51.8 Å². The number of carbonyl (C=O) groups is 1. The van der Waals surface area contributed by atoms with Crippen molar-refractivity contribution in [3.05, 3.63) is 0 Å². The lowest BCUT2D eigenvalue weighted by atomic mass is 10.1. The van der Waals surface area contributed by atoms with Crippen molar-refractivity contribution in [3.63, 3.8) is 0 Å². The predicted octanol–water partition coefficient (Wildman–Crippen LogP) is 0.897. The zero-order chi connectivity index (χ0) is 17.6. The van der Waals surface area contributed by atoms with Gasteiger partial charge in [0.1, 0.15) is 6.54 Å². The molecular formula is C14H31IN4O3S. The van der Waals surface area contributed by atoms with Crippen molar-refractivity contribution >= 4 is 45.7 Å². The number of halogens is 1. The molecule has 0 saturated heterocycles. The molecule has 23 heavy (non-hydrogen) atoms. The second-order valence-electron chi connectivity index (χ2n) is 6.88. The molecule has 0 fully saturated rings. The van der Waals surface area contributed by atoms with Gasteiger partial charge in [-0.15, -0.1) is 24.0 Å². The molecular weight excluding hydrogens is 431 g/mol. The number of hydrogen-bond acceptors (Lipinski definition) is 4. The maximum atomic E-state index is 11.8. The largest absolute Gasteiger partial charge is 0.357 e. The third-order valence-corrected chi connectivity index (χ3v) is 5.08. The first-order chi connectivity index (χ1) is 9.78. The van der Waals surface area contributed by atoms with E-state index in [0.717, 1.165) is 0 Å². The van der Waals surface area contributed by atoms with Gasteiger partial charge in [0.25, 0.3) is 0 Å². The molecule has 0 bridgehead atoms. The van der Waals surface area contributed by atoms with E-state index in [1.54, 1.807) is 13.8 Å². The van der Waals surface area contributed by atoms with Gasteiger partial charge in [0.05, 0.1) is 4.75 Å². The van der Waals surface area contributed by atoms with E-state index in [2.05, 4.69) is 20.9 Å². The fourth-order valence-corrected chi connectivity index (χ4v) is 1.71. The summed E-state index contributed by atoms with van der Waals surface area (Å²) in [6.07, 6.45) is 1.20. The van der Waals surface area contributed by atoms with E-state index in [4.69, 9.17) is 0 Å². The van der Waals surface area contributed by atoms with E-state index in [1.807, 2.05) is 27.7 Å². The molecule has 3 N–H and O–H groups in total. The van der Waals surface area contributed by atoms with Crippen LogP contribution in [0.1, 0.15) is 41.5 Å². The summed E-state index contributed by atoms with van der Waals surface area (Å²) in [6, 6.07) is 0. The van der Waals surface area contributed by atoms with Crippen LogP contribution in [-0.2, 0) is 14.6 Å². The number of hydrogen-bond donors (Lipinski definition) is 3. The molecule has 0 aromatic carbocycles. The summed E-state index contributed by atoms with van der Waals surface area (Å²) in [7, 11) is -3.19. The van der Waals surface area contributed by atoms with E-state index < -0.39 is 14.6 Å².